The Labute approximate surface area is 170 Å². The molecule has 146 valence electrons. The van der Waals surface area contributed by atoms with Crippen molar-refractivity contribution in [1.29, 1.82) is 0 Å². The maximum absolute atomic E-state index is 13.3. The lowest BCUT2D eigenvalue weighted by Gasteiger charge is -2.14. The summed E-state index contributed by atoms with van der Waals surface area (Å²) < 4.78 is 31.0. The van der Waals surface area contributed by atoms with Crippen molar-refractivity contribution in [3.8, 4) is 16.9 Å². The molecule has 4 aromatic rings. The normalized spacial score (nSPS) is 12.6. The third-order valence-electron chi connectivity index (χ3n) is 4.67. The molecule has 6 heteroatoms. The highest BCUT2D eigenvalue weighted by Crippen LogP contribution is 2.28. The lowest BCUT2D eigenvalue weighted by atomic mass is 10.1. The molecule has 0 aliphatic rings. The van der Waals surface area contributed by atoms with Crippen molar-refractivity contribution in [2.75, 3.05) is 0 Å². The molecule has 1 aromatic heterocycles. The zero-order chi connectivity index (χ0) is 20.3. The fourth-order valence-electron chi connectivity index (χ4n) is 3.17. The van der Waals surface area contributed by atoms with Crippen molar-refractivity contribution in [3.63, 3.8) is 0 Å². The summed E-state index contributed by atoms with van der Waals surface area (Å²) in [5, 5.41) is 4.59. The highest BCUT2D eigenvalue weighted by molar-refractivity contribution is 7.89. The minimum atomic E-state index is -3.81. The number of hydrogen-bond donors (Lipinski definition) is 1. The Balaban J connectivity index is 1.78. The molecule has 4 rings (SSSR count). The lowest BCUT2D eigenvalue weighted by molar-refractivity contribution is 0.567. The third kappa shape index (κ3) is 4.13. The van der Waals surface area contributed by atoms with Gasteiger partial charge in [-0.25, -0.2) is 17.8 Å². The predicted molar refractivity (Wildman–Crippen MR) is 114 cm³/mol. The van der Waals surface area contributed by atoms with Crippen LogP contribution in [0.2, 0.25) is 0 Å². The number of nitrogens with zero attached hydrogens (tertiary/aromatic N) is 2. The summed E-state index contributed by atoms with van der Waals surface area (Å²) in [4.78, 5) is 0.148. The molecule has 0 fully saturated rings. The molecule has 0 bridgehead atoms. The van der Waals surface area contributed by atoms with E-state index >= 15 is 0 Å². The number of sulfonamides is 1. The summed E-state index contributed by atoms with van der Waals surface area (Å²) in [6.07, 6.45) is 1.57. The Morgan fingerprint density at radius 3 is 2.00 bits per heavy atom. The topological polar surface area (TPSA) is 64.0 Å². The van der Waals surface area contributed by atoms with Crippen LogP contribution in [0.3, 0.4) is 0 Å². The standard InChI is InChI=1S/C23H21N3O2S/c1-18(19-11-5-2-6-12-19)25-29(27,28)22-17-26(21-15-9-4-10-16-21)24-23(22)20-13-7-3-8-14-20/h2-18,25H,1H3. The number of nitrogens with one attached hydrogen (secondary N) is 1. The first kappa shape index (κ1) is 19.1. The minimum absolute atomic E-state index is 0.148. The molecular weight excluding hydrogens is 382 g/mol. The predicted octanol–water partition coefficient (Wildman–Crippen LogP) is 4.58. The maximum Gasteiger partial charge on any atom is 0.244 e. The van der Waals surface area contributed by atoms with Crippen molar-refractivity contribution in [2.45, 2.75) is 17.9 Å². The minimum Gasteiger partial charge on any atom is -0.239 e. The van der Waals surface area contributed by atoms with Crippen molar-refractivity contribution in [1.82, 2.24) is 14.5 Å². The van der Waals surface area contributed by atoms with E-state index < -0.39 is 10.0 Å². The van der Waals surface area contributed by atoms with Crippen LogP contribution < -0.4 is 4.72 Å². The Morgan fingerprint density at radius 2 is 1.38 bits per heavy atom. The molecule has 0 aliphatic carbocycles. The van der Waals surface area contributed by atoms with E-state index in [1.807, 2.05) is 97.9 Å². The van der Waals surface area contributed by atoms with Crippen molar-refractivity contribution in [2.24, 2.45) is 0 Å². The molecule has 0 saturated carbocycles. The van der Waals surface area contributed by atoms with Gasteiger partial charge >= 0.3 is 0 Å². The van der Waals surface area contributed by atoms with Crippen LogP contribution >= 0.6 is 0 Å². The van der Waals surface area contributed by atoms with Gasteiger partial charge < -0.3 is 0 Å². The quantitative estimate of drug-likeness (QED) is 0.513. The Bertz CT molecular complexity index is 1190. The Morgan fingerprint density at radius 1 is 0.828 bits per heavy atom. The summed E-state index contributed by atoms with van der Waals surface area (Å²) >= 11 is 0. The van der Waals surface area contributed by atoms with Crippen molar-refractivity contribution in [3.05, 3.63) is 103 Å². The van der Waals surface area contributed by atoms with E-state index in [1.54, 1.807) is 10.9 Å². The molecule has 1 N–H and O–H groups in total. The SMILES string of the molecule is CC(NS(=O)(=O)c1cn(-c2ccccc2)nc1-c1ccccc1)c1ccccc1. The van der Waals surface area contributed by atoms with Crippen LogP contribution in [0.4, 0.5) is 0 Å². The molecule has 1 unspecified atom stereocenters. The molecule has 5 nitrogen and oxygen atoms in total. The number of benzene rings is 3. The molecule has 1 heterocycles. The lowest BCUT2D eigenvalue weighted by Crippen LogP contribution is -2.27. The average Bonchev–Trinajstić information content (AvgIpc) is 3.22. The number of para-hydroxylation sites is 1. The Hall–Kier alpha value is -3.22. The van der Waals surface area contributed by atoms with Gasteiger partial charge in [0.2, 0.25) is 10.0 Å². The van der Waals surface area contributed by atoms with Crippen LogP contribution in [-0.2, 0) is 10.0 Å². The summed E-state index contributed by atoms with van der Waals surface area (Å²) in [5.74, 6) is 0. The number of rotatable bonds is 6. The first-order valence-corrected chi connectivity index (χ1v) is 10.8. The van der Waals surface area contributed by atoms with E-state index in [1.165, 1.54) is 0 Å². The van der Waals surface area contributed by atoms with Gasteiger partial charge in [-0.2, -0.15) is 5.10 Å². The smallest absolute Gasteiger partial charge is 0.239 e. The average molecular weight is 404 g/mol. The molecule has 0 spiro atoms. The number of hydrogen-bond acceptors (Lipinski definition) is 3. The van der Waals surface area contributed by atoms with E-state index in [-0.39, 0.29) is 10.9 Å². The zero-order valence-corrected chi connectivity index (χ0v) is 16.8. The molecule has 1 atom stereocenters. The van der Waals surface area contributed by atoms with Gasteiger partial charge in [-0.15, -0.1) is 0 Å². The van der Waals surface area contributed by atoms with E-state index in [0.717, 1.165) is 16.8 Å². The van der Waals surface area contributed by atoms with Crippen LogP contribution in [0.5, 0.6) is 0 Å². The molecule has 0 radical (unpaired) electrons. The summed E-state index contributed by atoms with van der Waals surface area (Å²) in [5.41, 5.74) is 2.85. The largest absolute Gasteiger partial charge is 0.244 e. The molecule has 0 amide bonds. The van der Waals surface area contributed by atoms with Crippen molar-refractivity contribution < 1.29 is 8.42 Å². The summed E-state index contributed by atoms with van der Waals surface area (Å²) in [7, 11) is -3.81. The van der Waals surface area contributed by atoms with Crippen LogP contribution in [0.15, 0.2) is 102 Å². The van der Waals surface area contributed by atoms with Gasteiger partial charge in [0.05, 0.1) is 11.9 Å². The second-order valence-electron chi connectivity index (χ2n) is 6.74. The number of aromatic nitrogens is 2. The van der Waals surface area contributed by atoms with Gasteiger partial charge in [0, 0.05) is 11.6 Å². The molecular formula is C23H21N3O2S. The van der Waals surface area contributed by atoms with E-state index in [2.05, 4.69) is 9.82 Å². The fraction of sp³-hybridized carbons (Fsp3) is 0.0870. The second-order valence-corrected chi connectivity index (χ2v) is 8.42. The monoisotopic (exact) mass is 403 g/mol. The molecule has 0 saturated heterocycles. The van der Waals surface area contributed by atoms with Gasteiger partial charge in [-0.05, 0) is 24.6 Å². The van der Waals surface area contributed by atoms with Gasteiger partial charge in [0.25, 0.3) is 0 Å². The highest BCUT2D eigenvalue weighted by atomic mass is 32.2. The molecule has 0 aliphatic heterocycles. The fourth-order valence-corrected chi connectivity index (χ4v) is 4.55. The van der Waals surface area contributed by atoms with Gasteiger partial charge in [0.15, 0.2) is 0 Å². The summed E-state index contributed by atoms with van der Waals surface area (Å²) in [6, 6.07) is 27.9. The van der Waals surface area contributed by atoms with Gasteiger partial charge in [-0.1, -0.05) is 78.9 Å². The van der Waals surface area contributed by atoms with Crippen LogP contribution in [0, 0.1) is 0 Å². The molecule has 3 aromatic carbocycles. The van der Waals surface area contributed by atoms with E-state index in [0.29, 0.717) is 5.69 Å². The molecule has 29 heavy (non-hydrogen) atoms. The van der Waals surface area contributed by atoms with Gasteiger partial charge in [0.1, 0.15) is 10.6 Å². The third-order valence-corrected chi connectivity index (χ3v) is 6.21. The van der Waals surface area contributed by atoms with Gasteiger partial charge in [-0.3, -0.25) is 0 Å². The summed E-state index contributed by atoms with van der Waals surface area (Å²) in [6.45, 7) is 1.83. The Kier molecular flexibility index (Phi) is 5.29. The van der Waals surface area contributed by atoms with Crippen LogP contribution in [-0.4, -0.2) is 18.2 Å². The second kappa shape index (κ2) is 8.03. The first-order valence-electron chi connectivity index (χ1n) is 9.32. The van der Waals surface area contributed by atoms with Crippen molar-refractivity contribution >= 4 is 10.0 Å². The van der Waals surface area contributed by atoms with Crippen LogP contribution in [0.1, 0.15) is 18.5 Å². The highest BCUT2D eigenvalue weighted by Gasteiger charge is 2.26. The van der Waals surface area contributed by atoms with Crippen LogP contribution in [0.25, 0.3) is 16.9 Å². The van der Waals surface area contributed by atoms with E-state index in [4.69, 9.17) is 0 Å². The first-order chi connectivity index (χ1) is 14.0. The zero-order valence-electron chi connectivity index (χ0n) is 15.9. The maximum atomic E-state index is 13.3. The van der Waals surface area contributed by atoms with E-state index in [9.17, 15) is 8.42 Å².